The van der Waals surface area contributed by atoms with E-state index in [1.807, 2.05) is 0 Å². The third-order valence-electron chi connectivity index (χ3n) is 1.17. The molecule has 0 bridgehead atoms. The van der Waals surface area contributed by atoms with Gasteiger partial charge in [0.05, 0.1) is 6.61 Å². The smallest absolute Gasteiger partial charge is 1.00 e. The van der Waals surface area contributed by atoms with E-state index in [0.717, 1.165) is 12.8 Å². The largest absolute Gasteiger partial charge is 1.00 e. The van der Waals surface area contributed by atoms with Gasteiger partial charge in [0, 0.05) is 6.61 Å². The first-order chi connectivity index (χ1) is 5.31. The Bertz CT molecular complexity index is 112. The standard InChI is InChI=1S/C8H16O3.Na.H/c1-3-5-6-10-7-8(9)11-4-2;;/h3-7H2,1-2H3;;/q;+1;-1. The molecule has 0 saturated carbocycles. The molecule has 4 heteroatoms. The van der Waals surface area contributed by atoms with Gasteiger partial charge in [0.2, 0.25) is 0 Å². The first kappa shape index (κ1) is 14.9. The molecule has 0 saturated heterocycles. The van der Waals surface area contributed by atoms with Crippen molar-refractivity contribution >= 4 is 5.97 Å². The molecule has 0 aromatic rings. The summed E-state index contributed by atoms with van der Waals surface area (Å²) in [5.74, 6) is -0.274. The molecule has 0 atom stereocenters. The van der Waals surface area contributed by atoms with Crippen LogP contribution in [0.15, 0.2) is 0 Å². The zero-order valence-corrected chi connectivity index (χ0v) is 10.3. The first-order valence-electron chi connectivity index (χ1n) is 4.04. The molecule has 0 unspecified atom stereocenters. The van der Waals surface area contributed by atoms with Gasteiger partial charge in [0.1, 0.15) is 6.61 Å². The van der Waals surface area contributed by atoms with Crippen molar-refractivity contribution in [2.45, 2.75) is 26.7 Å². The molecule has 0 aromatic carbocycles. The van der Waals surface area contributed by atoms with Crippen molar-refractivity contribution in [3.8, 4) is 0 Å². The Morgan fingerprint density at radius 3 is 2.58 bits per heavy atom. The minimum Gasteiger partial charge on any atom is -1.00 e. The summed E-state index contributed by atoms with van der Waals surface area (Å²) in [6.07, 6.45) is 2.09. The molecule has 0 spiro atoms. The maximum atomic E-state index is 10.7. The SMILES string of the molecule is CCCCOCC(=O)OCC.[H-].[Na+]. The van der Waals surface area contributed by atoms with E-state index in [0.29, 0.717) is 13.2 Å². The number of carbonyl (C=O) groups excluding carboxylic acids is 1. The number of ether oxygens (including phenoxy) is 2. The Labute approximate surface area is 97.6 Å². The second kappa shape index (κ2) is 11.4. The normalized spacial score (nSPS) is 8.83. The number of unbranched alkanes of at least 4 members (excludes halogenated alkanes) is 1. The molecule has 0 aliphatic heterocycles. The first-order valence-corrected chi connectivity index (χ1v) is 4.04. The number of rotatable bonds is 6. The molecule has 12 heavy (non-hydrogen) atoms. The number of esters is 1. The van der Waals surface area contributed by atoms with Gasteiger partial charge in [-0.15, -0.1) is 0 Å². The summed E-state index contributed by atoms with van der Waals surface area (Å²) in [5, 5.41) is 0. The summed E-state index contributed by atoms with van der Waals surface area (Å²) in [4.78, 5) is 10.7. The molecule has 0 aliphatic carbocycles. The quantitative estimate of drug-likeness (QED) is 0.286. The summed E-state index contributed by atoms with van der Waals surface area (Å²) < 4.78 is 9.67. The third kappa shape index (κ3) is 10.4. The molecule has 0 aliphatic rings. The monoisotopic (exact) mass is 184 g/mol. The Hall–Kier alpha value is 0.430. The summed E-state index contributed by atoms with van der Waals surface area (Å²) in [7, 11) is 0. The Balaban J connectivity index is -0.000000500. The summed E-state index contributed by atoms with van der Waals surface area (Å²) in [5.41, 5.74) is 0. The fourth-order valence-electron chi connectivity index (χ4n) is 0.605. The molecule has 3 nitrogen and oxygen atoms in total. The van der Waals surface area contributed by atoms with E-state index in [4.69, 9.17) is 4.74 Å². The Morgan fingerprint density at radius 1 is 1.42 bits per heavy atom. The topological polar surface area (TPSA) is 35.5 Å². The number of carbonyl (C=O) groups is 1. The molecular weight excluding hydrogens is 167 g/mol. The van der Waals surface area contributed by atoms with Crippen molar-refractivity contribution in [1.82, 2.24) is 0 Å². The van der Waals surface area contributed by atoms with Gasteiger partial charge in [-0.25, -0.2) is 4.79 Å². The predicted molar refractivity (Wildman–Crippen MR) is 43.5 cm³/mol. The molecule has 0 aromatic heterocycles. The van der Waals surface area contributed by atoms with Crippen molar-refractivity contribution in [2.75, 3.05) is 19.8 Å². The van der Waals surface area contributed by atoms with Crippen LogP contribution in [0.25, 0.3) is 0 Å². The zero-order chi connectivity index (χ0) is 8.53. The van der Waals surface area contributed by atoms with E-state index >= 15 is 0 Å². The average molecular weight is 184 g/mol. The van der Waals surface area contributed by atoms with Crippen molar-refractivity contribution < 1.29 is 45.3 Å². The van der Waals surface area contributed by atoms with Gasteiger partial charge in [-0.05, 0) is 13.3 Å². The van der Waals surface area contributed by atoms with Crippen LogP contribution in [-0.2, 0) is 14.3 Å². The fraction of sp³-hybridized carbons (Fsp3) is 0.875. The van der Waals surface area contributed by atoms with Crippen molar-refractivity contribution in [1.29, 1.82) is 0 Å². The van der Waals surface area contributed by atoms with Crippen LogP contribution in [0.5, 0.6) is 0 Å². The van der Waals surface area contributed by atoms with E-state index in [9.17, 15) is 4.79 Å². The van der Waals surface area contributed by atoms with Crippen LogP contribution in [0.4, 0.5) is 0 Å². The zero-order valence-electron chi connectivity index (χ0n) is 9.26. The van der Waals surface area contributed by atoms with Crippen molar-refractivity contribution in [2.24, 2.45) is 0 Å². The maximum Gasteiger partial charge on any atom is 1.00 e. The molecule has 0 radical (unpaired) electrons. The summed E-state index contributed by atoms with van der Waals surface area (Å²) >= 11 is 0. The van der Waals surface area contributed by atoms with Crippen molar-refractivity contribution in [3.63, 3.8) is 0 Å². The van der Waals surface area contributed by atoms with Crippen LogP contribution in [0.1, 0.15) is 28.1 Å². The van der Waals surface area contributed by atoms with Crippen LogP contribution in [0.2, 0.25) is 0 Å². The number of hydrogen-bond acceptors (Lipinski definition) is 3. The van der Waals surface area contributed by atoms with E-state index in [2.05, 4.69) is 11.7 Å². The maximum absolute atomic E-state index is 10.7. The minimum absolute atomic E-state index is 0. The van der Waals surface area contributed by atoms with Gasteiger partial charge in [0.25, 0.3) is 0 Å². The van der Waals surface area contributed by atoms with Gasteiger partial charge >= 0.3 is 35.5 Å². The molecule has 0 fully saturated rings. The van der Waals surface area contributed by atoms with E-state index in [-0.39, 0.29) is 43.6 Å². The fourth-order valence-corrected chi connectivity index (χ4v) is 0.605. The molecule has 0 amide bonds. The second-order valence-electron chi connectivity index (χ2n) is 2.21. The number of hydrogen-bond donors (Lipinski definition) is 0. The van der Waals surface area contributed by atoms with Crippen LogP contribution in [0, 0.1) is 0 Å². The van der Waals surface area contributed by atoms with E-state index in [1.54, 1.807) is 6.92 Å². The van der Waals surface area contributed by atoms with Crippen molar-refractivity contribution in [3.05, 3.63) is 0 Å². The molecular formula is C8H17NaO3. The van der Waals surface area contributed by atoms with Crippen LogP contribution >= 0.6 is 0 Å². The van der Waals surface area contributed by atoms with Gasteiger partial charge < -0.3 is 10.9 Å². The molecule has 68 valence electrons. The third-order valence-corrected chi connectivity index (χ3v) is 1.17. The van der Waals surface area contributed by atoms with Gasteiger partial charge in [-0.1, -0.05) is 13.3 Å². The van der Waals surface area contributed by atoms with Gasteiger partial charge in [-0.2, -0.15) is 0 Å². The molecule has 0 rings (SSSR count). The van der Waals surface area contributed by atoms with Gasteiger partial charge in [0.15, 0.2) is 0 Å². The Morgan fingerprint density at radius 2 is 2.08 bits per heavy atom. The molecule has 0 heterocycles. The predicted octanol–water partition coefficient (Wildman–Crippen LogP) is -1.52. The van der Waals surface area contributed by atoms with Crippen LogP contribution in [0.3, 0.4) is 0 Å². The molecule has 0 N–H and O–H groups in total. The van der Waals surface area contributed by atoms with Gasteiger partial charge in [-0.3, -0.25) is 0 Å². The van der Waals surface area contributed by atoms with Crippen LogP contribution in [-0.4, -0.2) is 25.8 Å². The average Bonchev–Trinajstić information content (AvgIpc) is 1.99. The summed E-state index contributed by atoms with van der Waals surface area (Å²) in [6.45, 7) is 5.02. The Kier molecular flexibility index (Phi) is 14.2. The minimum atomic E-state index is -0.274. The summed E-state index contributed by atoms with van der Waals surface area (Å²) in [6, 6.07) is 0. The van der Waals surface area contributed by atoms with Crippen LogP contribution < -0.4 is 29.6 Å². The van der Waals surface area contributed by atoms with E-state index in [1.165, 1.54) is 0 Å². The second-order valence-corrected chi connectivity index (χ2v) is 2.21. The van der Waals surface area contributed by atoms with E-state index < -0.39 is 0 Å².